The molecule has 7 nitrogen and oxygen atoms in total. The Hall–Kier alpha value is -2.57. The van der Waals surface area contributed by atoms with Crippen molar-refractivity contribution in [3.05, 3.63) is 40.6 Å². The number of aromatic nitrogens is 3. The standard InChI is InChI=1S/C9H7N5O2/c10-9-12-7(5-11-13-9)6-3-1-2-4-8(6)14(15)16/h1-5H,(H2,10,12,13). The lowest BCUT2D eigenvalue weighted by atomic mass is 10.1. The van der Waals surface area contributed by atoms with Crippen molar-refractivity contribution in [3.63, 3.8) is 0 Å². The largest absolute Gasteiger partial charge is 0.366 e. The van der Waals surface area contributed by atoms with E-state index in [1.807, 2.05) is 0 Å². The first-order chi connectivity index (χ1) is 7.68. The highest BCUT2D eigenvalue weighted by molar-refractivity contribution is 5.70. The third-order valence-electron chi connectivity index (χ3n) is 1.95. The smallest absolute Gasteiger partial charge is 0.278 e. The van der Waals surface area contributed by atoms with Crippen LogP contribution in [0.1, 0.15) is 0 Å². The van der Waals surface area contributed by atoms with Gasteiger partial charge in [-0.15, -0.1) is 5.10 Å². The van der Waals surface area contributed by atoms with Gasteiger partial charge in [-0.2, -0.15) is 5.10 Å². The number of nitro groups is 1. The first-order valence-electron chi connectivity index (χ1n) is 4.37. The van der Waals surface area contributed by atoms with Crippen molar-refractivity contribution in [1.82, 2.24) is 15.2 Å². The molecule has 1 aromatic carbocycles. The molecular weight excluding hydrogens is 210 g/mol. The molecule has 0 fully saturated rings. The Kier molecular flexibility index (Phi) is 2.42. The van der Waals surface area contributed by atoms with E-state index in [0.29, 0.717) is 11.3 Å². The second-order valence-electron chi connectivity index (χ2n) is 2.97. The topological polar surface area (TPSA) is 108 Å². The molecular formula is C9H7N5O2. The average molecular weight is 217 g/mol. The minimum absolute atomic E-state index is 0.0179. The van der Waals surface area contributed by atoms with Gasteiger partial charge in [0.2, 0.25) is 5.95 Å². The fraction of sp³-hybridized carbons (Fsp3) is 0. The van der Waals surface area contributed by atoms with Crippen molar-refractivity contribution in [3.8, 4) is 11.3 Å². The molecule has 80 valence electrons. The van der Waals surface area contributed by atoms with Crippen LogP contribution in [-0.4, -0.2) is 20.1 Å². The second-order valence-corrected chi connectivity index (χ2v) is 2.97. The number of anilines is 1. The summed E-state index contributed by atoms with van der Waals surface area (Å²) in [5.41, 5.74) is 6.03. The van der Waals surface area contributed by atoms with Gasteiger partial charge in [-0.3, -0.25) is 10.1 Å². The van der Waals surface area contributed by atoms with Crippen LogP contribution in [0.2, 0.25) is 0 Å². The van der Waals surface area contributed by atoms with Crippen molar-refractivity contribution < 1.29 is 4.92 Å². The molecule has 0 aliphatic heterocycles. The predicted octanol–water partition coefficient (Wildman–Crippen LogP) is 1.03. The van der Waals surface area contributed by atoms with Gasteiger partial charge in [0.05, 0.1) is 16.7 Å². The number of nitrogen functional groups attached to an aromatic ring is 1. The fourth-order valence-electron chi connectivity index (χ4n) is 1.30. The SMILES string of the molecule is Nc1nncc(-c2ccccc2[N+](=O)[O-])n1. The monoisotopic (exact) mass is 217 g/mol. The molecule has 0 aliphatic carbocycles. The number of nitro benzene ring substituents is 1. The Bertz CT molecular complexity index is 543. The molecule has 2 N–H and O–H groups in total. The van der Waals surface area contributed by atoms with Gasteiger partial charge in [0, 0.05) is 6.07 Å². The number of nitrogens with zero attached hydrogens (tertiary/aromatic N) is 4. The van der Waals surface area contributed by atoms with Crippen molar-refractivity contribution in [2.45, 2.75) is 0 Å². The molecule has 0 amide bonds. The van der Waals surface area contributed by atoms with Gasteiger partial charge >= 0.3 is 0 Å². The first-order valence-corrected chi connectivity index (χ1v) is 4.37. The predicted molar refractivity (Wildman–Crippen MR) is 56.3 cm³/mol. The van der Waals surface area contributed by atoms with Gasteiger partial charge in [0.1, 0.15) is 5.69 Å². The van der Waals surface area contributed by atoms with E-state index in [4.69, 9.17) is 5.73 Å². The summed E-state index contributed by atoms with van der Waals surface area (Å²) in [6, 6.07) is 6.25. The Labute approximate surface area is 90.1 Å². The van der Waals surface area contributed by atoms with E-state index in [1.165, 1.54) is 12.3 Å². The van der Waals surface area contributed by atoms with Crippen LogP contribution in [0.15, 0.2) is 30.5 Å². The molecule has 0 aliphatic rings. The van der Waals surface area contributed by atoms with Gasteiger partial charge < -0.3 is 5.73 Å². The second kappa shape index (κ2) is 3.89. The van der Waals surface area contributed by atoms with E-state index >= 15 is 0 Å². The third-order valence-corrected chi connectivity index (χ3v) is 1.95. The maximum Gasteiger partial charge on any atom is 0.278 e. The molecule has 1 heterocycles. The number of hydrogen-bond donors (Lipinski definition) is 1. The van der Waals surface area contributed by atoms with E-state index in [9.17, 15) is 10.1 Å². The minimum atomic E-state index is -0.479. The molecule has 2 rings (SSSR count). The molecule has 2 aromatic rings. The Morgan fingerprint density at radius 2 is 2.06 bits per heavy atom. The summed E-state index contributed by atoms with van der Waals surface area (Å²) in [7, 11) is 0. The van der Waals surface area contributed by atoms with Gasteiger partial charge in [0.15, 0.2) is 0 Å². The summed E-state index contributed by atoms with van der Waals surface area (Å²) in [5.74, 6) is -0.0179. The summed E-state index contributed by atoms with van der Waals surface area (Å²) in [5, 5.41) is 17.9. The Balaban J connectivity index is 2.60. The van der Waals surface area contributed by atoms with E-state index in [1.54, 1.807) is 18.2 Å². The molecule has 0 radical (unpaired) electrons. The maximum atomic E-state index is 10.8. The molecule has 7 heteroatoms. The number of rotatable bonds is 2. The number of hydrogen-bond acceptors (Lipinski definition) is 6. The minimum Gasteiger partial charge on any atom is -0.366 e. The third kappa shape index (κ3) is 1.78. The maximum absolute atomic E-state index is 10.8. The van der Waals surface area contributed by atoms with Crippen LogP contribution < -0.4 is 5.73 Å². The summed E-state index contributed by atoms with van der Waals surface area (Å²) in [6.07, 6.45) is 1.33. The lowest BCUT2D eigenvalue weighted by Crippen LogP contribution is -1.99. The van der Waals surface area contributed by atoms with Crippen LogP contribution >= 0.6 is 0 Å². The Morgan fingerprint density at radius 3 is 2.75 bits per heavy atom. The molecule has 0 spiro atoms. The van der Waals surface area contributed by atoms with Crippen molar-refractivity contribution in [2.75, 3.05) is 5.73 Å². The average Bonchev–Trinajstić information content (AvgIpc) is 2.29. The van der Waals surface area contributed by atoms with E-state index in [0.717, 1.165) is 0 Å². The molecule has 1 aromatic heterocycles. The molecule has 0 atom stereocenters. The van der Waals surface area contributed by atoms with Crippen LogP contribution in [0, 0.1) is 10.1 Å². The number of benzene rings is 1. The highest BCUT2D eigenvalue weighted by atomic mass is 16.6. The fourth-order valence-corrected chi connectivity index (χ4v) is 1.30. The lowest BCUT2D eigenvalue weighted by molar-refractivity contribution is -0.384. The number of para-hydroxylation sites is 1. The lowest BCUT2D eigenvalue weighted by Gasteiger charge is -2.01. The van der Waals surface area contributed by atoms with Crippen LogP contribution in [0.25, 0.3) is 11.3 Å². The first kappa shape index (κ1) is 9.97. The van der Waals surface area contributed by atoms with Gasteiger partial charge in [-0.25, -0.2) is 4.98 Å². The molecule has 0 bridgehead atoms. The molecule has 0 saturated heterocycles. The van der Waals surface area contributed by atoms with Crippen molar-refractivity contribution >= 4 is 11.6 Å². The zero-order valence-electron chi connectivity index (χ0n) is 8.07. The van der Waals surface area contributed by atoms with Gasteiger partial charge in [-0.05, 0) is 6.07 Å². The van der Waals surface area contributed by atoms with Gasteiger partial charge in [0.25, 0.3) is 5.69 Å². The number of nitrogens with two attached hydrogens (primary N) is 1. The van der Waals surface area contributed by atoms with Crippen LogP contribution in [0.4, 0.5) is 11.6 Å². The van der Waals surface area contributed by atoms with Crippen LogP contribution in [0.5, 0.6) is 0 Å². The summed E-state index contributed by atoms with van der Waals surface area (Å²) in [6.45, 7) is 0. The highest BCUT2D eigenvalue weighted by Gasteiger charge is 2.15. The van der Waals surface area contributed by atoms with E-state index < -0.39 is 4.92 Å². The van der Waals surface area contributed by atoms with Crippen molar-refractivity contribution in [2.24, 2.45) is 0 Å². The quantitative estimate of drug-likeness (QED) is 0.594. The van der Waals surface area contributed by atoms with Crippen LogP contribution in [-0.2, 0) is 0 Å². The highest BCUT2D eigenvalue weighted by Crippen LogP contribution is 2.27. The molecule has 0 unspecified atom stereocenters. The summed E-state index contributed by atoms with van der Waals surface area (Å²) >= 11 is 0. The summed E-state index contributed by atoms with van der Waals surface area (Å²) in [4.78, 5) is 14.2. The summed E-state index contributed by atoms with van der Waals surface area (Å²) < 4.78 is 0. The van der Waals surface area contributed by atoms with Crippen LogP contribution in [0.3, 0.4) is 0 Å². The molecule has 0 saturated carbocycles. The zero-order valence-corrected chi connectivity index (χ0v) is 8.07. The normalized spacial score (nSPS) is 10.0. The van der Waals surface area contributed by atoms with Crippen molar-refractivity contribution in [1.29, 1.82) is 0 Å². The van der Waals surface area contributed by atoms with E-state index in [2.05, 4.69) is 15.2 Å². The zero-order chi connectivity index (χ0) is 11.5. The van der Waals surface area contributed by atoms with Gasteiger partial charge in [-0.1, -0.05) is 12.1 Å². The molecule has 16 heavy (non-hydrogen) atoms. The van der Waals surface area contributed by atoms with E-state index in [-0.39, 0.29) is 11.6 Å². The Morgan fingerprint density at radius 1 is 1.31 bits per heavy atom.